The molecule has 2 aliphatic heterocycles. The number of likely N-dealkylation sites (tertiary alicyclic amines) is 1. The quantitative estimate of drug-likeness (QED) is 0.633. The molecule has 3 aliphatic rings. The van der Waals surface area contributed by atoms with Gasteiger partial charge < -0.3 is 18.9 Å². The lowest BCUT2D eigenvalue weighted by Crippen LogP contribution is -2.50. The first-order chi connectivity index (χ1) is 15.3. The van der Waals surface area contributed by atoms with E-state index in [1.165, 1.54) is 0 Å². The second-order valence-electron chi connectivity index (χ2n) is 8.62. The summed E-state index contributed by atoms with van der Waals surface area (Å²) in [7, 11) is 0. The average molecular weight is 419 g/mol. The number of carbonyl (C=O) groups excluding carboxylic acids is 1. The zero-order valence-corrected chi connectivity index (χ0v) is 17.3. The van der Waals surface area contributed by atoms with E-state index in [9.17, 15) is 4.79 Å². The summed E-state index contributed by atoms with van der Waals surface area (Å²) in [6.45, 7) is 1.86. The van der Waals surface area contributed by atoms with Crippen molar-refractivity contribution in [2.24, 2.45) is 0 Å². The molecule has 0 radical (unpaired) electrons. The predicted octanol–water partition coefficient (Wildman–Crippen LogP) is 4.13. The summed E-state index contributed by atoms with van der Waals surface area (Å²) < 4.78 is 17.2. The maximum absolute atomic E-state index is 14.0. The molecule has 0 bridgehead atoms. The highest BCUT2D eigenvalue weighted by molar-refractivity contribution is 6.09. The summed E-state index contributed by atoms with van der Waals surface area (Å²) in [6, 6.07) is 11.7. The molecule has 2 saturated heterocycles. The third-order valence-electron chi connectivity index (χ3n) is 6.51. The summed E-state index contributed by atoms with van der Waals surface area (Å²) in [5, 5.41) is 5.01. The number of hydrogen-bond acceptors (Lipinski definition) is 6. The van der Waals surface area contributed by atoms with Crippen LogP contribution in [0.15, 0.2) is 40.9 Å². The molecule has 3 fully saturated rings. The lowest BCUT2D eigenvalue weighted by Gasteiger charge is -2.38. The van der Waals surface area contributed by atoms with Crippen molar-refractivity contribution in [1.29, 1.82) is 0 Å². The molecular weight excluding hydrogens is 394 g/mol. The second-order valence-corrected chi connectivity index (χ2v) is 8.62. The molecule has 3 aromatic rings. The smallest absolute Gasteiger partial charge is 0.259 e. The van der Waals surface area contributed by atoms with Gasteiger partial charge in [0.1, 0.15) is 5.69 Å². The Morgan fingerprint density at radius 1 is 1.03 bits per heavy atom. The molecule has 6 rings (SSSR count). The fourth-order valence-electron chi connectivity index (χ4n) is 4.77. The van der Waals surface area contributed by atoms with Crippen molar-refractivity contribution in [2.45, 2.75) is 50.4 Å². The number of aromatic nitrogens is 2. The van der Waals surface area contributed by atoms with Crippen molar-refractivity contribution < 1.29 is 18.8 Å². The van der Waals surface area contributed by atoms with Crippen LogP contribution >= 0.6 is 0 Å². The molecule has 2 aromatic heterocycles. The van der Waals surface area contributed by atoms with Gasteiger partial charge in [-0.2, -0.15) is 0 Å². The number of fused-ring (bicyclic) bond motifs is 1. The van der Waals surface area contributed by atoms with Crippen molar-refractivity contribution in [2.75, 3.05) is 19.8 Å². The van der Waals surface area contributed by atoms with E-state index in [1.54, 1.807) is 0 Å². The first kappa shape index (κ1) is 19.0. The lowest BCUT2D eigenvalue weighted by atomic mass is 9.98. The number of amides is 1. The molecule has 0 N–H and O–H groups in total. The van der Waals surface area contributed by atoms with Crippen LogP contribution in [0.1, 0.15) is 54.1 Å². The third-order valence-corrected chi connectivity index (χ3v) is 6.51. The van der Waals surface area contributed by atoms with E-state index < -0.39 is 0 Å². The Bertz CT molecular complexity index is 1100. The Balaban J connectivity index is 1.47. The van der Waals surface area contributed by atoms with Gasteiger partial charge in [0, 0.05) is 23.7 Å². The number of hydrogen-bond donors (Lipinski definition) is 0. The predicted molar refractivity (Wildman–Crippen MR) is 114 cm³/mol. The number of benzene rings is 1. The van der Waals surface area contributed by atoms with Crippen LogP contribution < -0.4 is 0 Å². The first-order valence-corrected chi connectivity index (χ1v) is 11.2. The van der Waals surface area contributed by atoms with E-state index in [1.807, 2.05) is 41.3 Å². The van der Waals surface area contributed by atoms with Crippen molar-refractivity contribution in [3.8, 4) is 11.3 Å². The largest absolute Gasteiger partial charge is 0.348 e. The van der Waals surface area contributed by atoms with Gasteiger partial charge in [0.25, 0.3) is 11.6 Å². The highest BCUT2D eigenvalue weighted by Crippen LogP contribution is 2.42. The van der Waals surface area contributed by atoms with Gasteiger partial charge in [-0.15, -0.1) is 0 Å². The minimum Gasteiger partial charge on any atom is -0.348 e. The van der Waals surface area contributed by atoms with Crippen LogP contribution in [0.5, 0.6) is 0 Å². The molecule has 1 saturated carbocycles. The van der Waals surface area contributed by atoms with Crippen molar-refractivity contribution >= 4 is 17.0 Å². The number of piperidine rings is 1. The molecule has 160 valence electrons. The van der Waals surface area contributed by atoms with E-state index in [2.05, 4.69) is 5.16 Å². The second kappa shape index (κ2) is 7.73. The van der Waals surface area contributed by atoms with Crippen LogP contribution in [-0.2, 0) is 9.47 Å². The minimum absolute atomic E-state index is 0.0153. The Labute approximate surface area is 180 Å². The monoisotopic (exact) mass is 419 g/mol. The number of carbonyl (C=O) groups is 1. The summed E-state index contributed by atoms with van der Waals surface area (Å²) in [6.07, 6.45) is 4.78. The number of pyridine rings is 1. The highest BCUT2D eigenvalue weighted by Gasteiger charge is 2.38. The minimum atomic E-state index is -0.347. The van der Waals surface area contributed by atoms with E-state index in [0.717, 1.165) is 43.4 Å². The Kier molecular flexibility index (Phi) is 4.73. The molecule has 0 spiro atoms. The van der Waals surface area contributed by atoms with Gasteiger partial charge in [0.05, 0.1) is 30.2 Å². The van der Waals surface area contributed by atoms with Crippen LogP contribution in [-0.4, -0.2) is 53.0 Å². The van der Waals surface area contributed by atoms with Crippen LogP contribution in [0.25, 0.3) is 22.4 Å². The Morgan fingerprint density at radius 3 is 2.61 bits per heavy atom. The van der Waals surface area contributed by atoms with Crippen LogP contribution in [0.4, 0.5) is 0 Å². The van der Waals surface area contributed by atoms with Crippen molar-refractivity contribution in [3.05, 3.63) is 47.7 Å². The third kappa shape index (κ3) is 3.42. The maximum atomic E-state index is 14.0. The molecule has 1 aliphatic carbocycles. The standard InChI is InChI=1S/C24H25N3O4/c28-23(27-11-5-4-8-19(27)24-29-12-13-30-24)17-14-18(15-9-10-15)25-22-20(17)21(26-31-22)16-6-2-1-3-7-16/h1-3,6-7,14-15,19,24H,4-5,8-13H2. The SMILES string of the molecule is O=C(c1cc(C2CC2)nc2onc(-c3ccccc3)c12)N1CCCCC1C1OCCO1. The molecule has 1 atom stereocenters. The zero-order chi connectivity index (χ0) is 20.8. The summed E-state index contributed by atoms with van der Waals surface area (Å²) in [5.41, 5.74) is 3.56. The Hall–Kier alpha value is -2.77. The Morgan fingerprint density at radius 2 is 1.84 bits per heavy atom. The highest BCUT2D eigenvalue weighted by atomic mass is 16.7. The maximum Gasteiger partial charge on any atom is 0.259 e. The number of rotatable bonds is 4. The molecule has 4 heterocycles. The molecular formula is C24H25N3O4. The van der Waals surface area contributed by atoms with Gasteiger partial charge in [-0.1, -0.05) is 35.5 Å². The van der Waals surface area contributed by atoms with Crippen molar-refractivity contribution in [1.82, 2.24) is 15.0 Å². The van der Waals surface area contributed by atoms with Gasteiger partial charge in [-0.25, -0.2) is 4.98 Å². The van der Waals surface area contributed by atoms with E-state index >= 15 is 0 Å². The van der Waals surface area contributed by atoms with E-state index in [4.69, 9.17) is 19.0 Å². The molecule has 7 heteroatoms. The van der Waals surface area contributed by atoms with E-state index in [-0.39, 0.29) is 18.2 Å². The van der Waals surface area contributed by atoms with Crippen LogP contribution in [0, 0.1) is 0 Å². The zero-order valence-electron chi connectivity index (χ0n) is 17.3. The normalized spacial score (nSPS) is 22.3. The molecule has 31 heavy (non-hydrogen) atoms. The van der Waals surface area contributed by atoms with Gasteiger partial charge in [0.2, 0.25) is 0 Å². The molecule has 1 aromatic carbocycles. The van der Waals surface area contributed by atoms with Crippen LogP contribution in [0.3, 0.4) is 0 Å². The van der Waals surface area contributed by atoms with Crippen molar-refractivity contribution in [3.63, 3.8) is 0 Å². The first-order valence-electron chi connectivity index (χ1n) is 11.2. The lowest BCUT2D eigenvalue weighted by molar-refractivity contribution is -0.100. The van der Waals surface area contributed by atoms with E-state index in [0.29, 0.717) is 48.0 Å². The number of nitrogens with zero attached hydrogens (tertiary/aromatic N) is 3. The van der Waals surface area contributed by atoms with Gasteiger partial charge >= 0.3 is 0 Å². The topological polar surface area (TPSA) is 77.7 Å². The fraction of sp³-hybridized carbons (Fsp3) is 0.458. The van der Waals surface area contributed by atoms with Crippen LogP contribution in [0.2, 0.25) is 0 Å². The number of ether oxygens (including phenoxy) is 2. The van der Waals surface area contributed by atoms with Gasteiger partial charge in [-0.05, 0) is 38.2 Å². The summed E-state index contributed by atoms with van der Waals surface area (Å²) in [5.74, 6) is 0.387. The molecule has 7 nitrogen and oxygen atoms in total. The summed E-state index contributed by atoms with van der Waals surface area (Å²) in [4.78, 5) is 20.6. The fourth-order valence-corrected chi connectivity index (χ4v) is 4.77. The van der Waals surface area contributed by atoms with Gasteiger partial charge in [0.15, 0.2) is 6.29 Å². The molecule has 1 unspecified atom stereocenters. The average Bonchev–Trinajstić information content (AvgIpc) is 3.36. The van der Waals surface area contributed by atoms with Gasteiger partial charge in [-0.3, -0.25) is 4.79 Å². The summed E-state index contributed by atoms with van der Waals surface area (Å²) >= 11 is 0. The molecule has 1 amide bonds.